The molecule has 0 saturated heterocycles. The zero-order chi connectivity index (χ0) is 18.1. The summed E-state index contributed by atoms with van der Waals surface area (Å²) in [7, 11) is 0. The van der Waals surface area contributed by atoms with E-state index in [2.05, 4.69) is 99.0 Å². The van der Waals surface area contributed by atoms with Crippen LogP contribution in [0.5, 0.6) is 0 Å². The number of thiol groups is 4. The van der Waals surface area contributed by atoms with Gasteiger partial charge in [0.2, 0.25) is 0 Å². The number of hydrogen-bond donors (Lipinski definition) is 4. The standard InChI is InChI=1S/C20H26S5/c21-11-9-17(23)13-15-1-5-19(6-2-15)25-20-7-3-16(4-8-20)14-18(24)10-12-22/h1-8,17-18,21-24H,9-14H2. The van der Waals surface area contributed by atoms with Gasteiger partial charge in [-0.3, -0.25) is 0 Å². The van der Waals surface area contributed by atoms with Crippen LogP contribution in [0.15, 0.2) is 58.3 Å². The maximum absolute atomic E-state index is 4.61. The summed E-state index contributed by atoms with van der Waals surface area (Å²) in [5.74, 6) is 1.78. The molecule has 0 nitrogen and oxygen atoms in total. The van der Waals surface area contributed by atoms with E-state index in [0.717, 1.165) is 37.2 Å². The lowest BCUT2D eigenvalue weighted by Gasteiger charge is -2.10. The second-order valence-electron chi connectivity index (χ2n) is 6.13. The van der Waals surface area contributed by atoms with Gasteiger partial charge < -0.3 is 0 Å². The van der Waals surface area contributed by atoms with E-state index in [-0.39, 0.29) is 0 Å². The lowest BCUT2D eigenvalue weighted by atomic mass is 10.1. The summed E-state index contributed by atoms with van der Waals surface area (Å²) in [5.41, 5.74) is 2.68. The molecule has 0 spiro atoms. The molecule has 0 radical (unpaired) electrons. The number of rotatable bonds is 10. The van der Waals surface area contributed by atoms with Gasteiger partial charge in [0, 0.05) is 20.3 Å². The monoisotopic (exact) mass is 426 g/mol. The van der Waals surface area contributed by atoms with Crippen molar-refractivity contribution in [1.29, 1.82) is 0 Å². The summed E-state index contributed by atoms with van der Waals surface area (Å²) in [6.07, 6.45) is 4.08. The number of hydrogen-bond acceptors (Lipinski definition) is 5. The average molecular weight is 427 g/mol. The van der Waals surface area contributed by atoms with Crippen LogP contribution in [0.25, 0.3) is 0 Å². The van der Waals surface area contributed by atoms with E-state index < -0.39 is 0 Å². The molecule has 2 aromatic carbocycles. The van der Waals surface area contributed by atoms with Crippen LogP contribution in [-0.2, 0) is 12.8 Å². The molecule has 0 aliphatic carbocycles. The van der Waals surface area contributed by atoms with Crippen LogP contribution >= 0.6 is 62.3 Å². The molecule has 0 N–H and O–H groups in total. The Morgan fingerprint density at radius 1 is 0.640 bits per heavy atom. The molecule has 0 aliphatic heterocycles. The Labute approximate surface area is 178 Å². The van der Waals surface area contributed by atoms with Gasteiger partial charge in [-0.05, 0) is 72.6 Å². The van der Waals surface area contributed by atoms with Crippen molar-refractivity contribution in [3.63, 3.8) is 0 Å². The van der Waals surface area contributed by atoms with Crippen molar-refractivity contribution in [2.75, 3.05) is 11.5 Å². The van der Waals surface area contributed by atoms with Crippen molar-refractivity contribution >= 4 is 62.3 Å². The van der Waals surface area contributed by atoms with Gasteiger partial charge in [0.1, 0.15) is 0 Å². The first-order valence-electron chi connectivity index (χ1n) is 8.54. The second kappa shape index (κ2) is 11.8. The minimum atomic E-state index is 0.391. The van der Waals surface area contributed by atoms with Crippen molar-refractivity contribution in [2.24, 2.45) is 0 Å². The number of benzene rings is 2. The fourth-order valence-electron chi connectivity index (χ4n) is 2.57. The lowest BCUT2D eigenvalue weighted by molar-refractivity contribution is 0.830. The van der Waals surface area contributed by atoms with Gasteiger partial charge in [0.15, 0.2) is 0 Å². The summed E-state index contributed by atoms with van der Waals surface area (Å²) >= 11 is 19.6. The summed E-state index contributed by atoms with van der Waals surface area (Å²) < 4.78 is 0. The zero-order valence-corrected chi connectivity index (χ0v) is 18.6. The third-order valence-corrected chi connectivity index (χ3v) is 6.36. The van der Waals surface area contributed by atoms with Crippen LogP contribution in [0.3, 0.4) is 0 Å². The molecular weight excluding hydrogens is 401 g/mol. The molecule has 0 bridgehead atoms. The van der Waals surface area contributed by atoms with Crippen molar-refractivity contribution in [3.05, 3.63) is 59.7 Å². The normalized spacial score (nSPS) is 13.6. The Morgan fingerprint density at radius 2 is 1.00 bits per heavy atom. The first-order chi connectivity index (χ1) is 12.1. The van der Waals surface area contributed by atoms with Crippen LogP contribution < -0.4 is 0 Å². The predicted octanol–water partition coefficient (Wildman–Crippen LogP) is 6.16. The maximum Gasteiger partial charge on any atom is 0.0122 e. The molecule has 2 rings (SSSR count). The molecule has 0 fully saturated rings. The highest BCUT2D eigenvalue weighted by Gasteiger charge is 2.06. The highest BCUT2D eigenvalue weighted by atomic mass is 32.2. The zero-order valence-electron chi connectivity index (χ0n) is 14.2. The van der Waals surface area contributed by atoms with E-state index in [1.807, 2.05) is 0 Å². The van der Waals surface area contributed by atoms with Crippen LogP contribution in [0, 0.1) is 0 Å². The Morgan fingerprint density at radius 3 is 1.32 bits per heavy atom. The fraction of sp³-hybridized carbons (Fsp3) is 0.400. The van der Waals surface area contributed by atoms with Gasteiger partial charge in [-0.15, -0.1) is 0 Å². The van der Waals surface area contributed by atoms with Crippen LogP contribution in [0.2, 0.25) is 0 Å². The van der Waals surface area contributed by atoms with Crippen molar-refractivity contribution < 1.29 is 0 Å². The van der Waals surface area contributed by atoms with Crippen LogP contribution in [0.4, 0.5) is 0 Å². The topological polar surface area (TPSA) is 0 Å². The van der Waals surface area contributed by atoms with Gasteiger partial charge in [0.05, 0.1) is 0 Å². The van der Waals surface area contributed by atoms with Crippen LogP contribution in [-0.4, -0.2) is 22.0 Å². The second-order valence-corrected chi connectivity index (χ2v) is 9.63. The molecule has 0 heterocycles. The minimum Gasteiger partial charge on any atom is -0.179 e. The average Bonchev–Trinajstić information content (AvgIpc) is 2.59. The van der Waals surface area contributed by atoms with E-state index in [4.69, 9.17) is 0 Å². The molecule has 0 saturated carbocycles. The first-order valence-corrected chi connectivity index (χ1v) is 11.7. The van der Waals surface area contributed by atoms with E-state index in [1.165, 1.54) is 20.9 Å². The smallest absolute Gasteiger partial charge is 0.0122 e. The molecular formula is C20H26S5. The molecule has 25 heavy (non-hydrogen) atoms. The Balaban J connectivity index is 1.89. The summed E-state index contributed by atoms with van der Waals surface area (Å²) in [5, 5.41) is 0.781. The molecule has 0 aliphatic rings. The SMILES string of the molecule is SCCC(S)Cc1ccc(Sc2ccc(CC(S)CCS)cc2)cc1. The quantitative estimate of drug-likeness (QED) is 0.330. The maximum atomic E-state index is 4.61. The van der Waals surface area contributed by atoms with Gasteiger partial charge in [-0.2, -0.15) is 50.5 Å². The Bertz CT molecular complexity index is 553. The highest BCUT2D eigenvalue weighted by molar-refractivity contribution is 7.99. The molecule has 5 heteroatoms. The molecule has 0 aromatic heterocycles. The van der Waals surface area contributed by atoms with E-state index >= 15 is 0 Å². The largest absolute Gasteiger partial charge is 0.179 e. The summed E-state index contributed by atoms with van der Waals surface area (Å²) in [6.45, 7) is 0. The summed E-state index contributed by atoms with van der Waals surface area (Å²) in [6, 6.07) is 17.6. The predicted molar refractivity (Wildman–Crippen MR) is 127 cm³/mol. The molecule has 136 valence electrons. The minimum absolute atomic E-state index is 0.391. The van der Waals surface area contributed by atoms with Crippen LogP contribution in [0.1, 0.15) is 24.0 Å². The molecule has 2 atom stereocenters. The molecule has 0 amide bonds. The Kier molecular flexibility index (Phi) is 10.2. The van der Waals surface area contributed by atoms with Gasteiger partial charge in [-0.1, -0.05) is 36.0 Å². The van der Waals surface area contributed by atoms with Gasteiger partial charge in [0.25, 0.3) is 0 Å². The molecule has 2 aromatic rings. The third-order valence-electron chi connectivity index (χ3n) is 3.95. The lowest BCUT2D eigenvalue weighted by Crippen LogP contribution is -2.04. The van der Waals surface area contributed by atoms with Crippen molar-refractivity contribution in [1.82, 2.24) is 0 Å². The van der Waals surface area contributed by atoms with E-state index in [1.54, 1.807) is 11.8 Å². The van der Waals surface area contributed by atoms with Crippen molar-refractivity contribution in [2.45, 2.75) is 46.0 Å². The van der Waals surface area contributed by atoms with Gasteiger partial charge in [-0.25, -0.2) is 0 Å². The fourth-order valence-corrected chi connectivity index (χ4v) is 5.10. The van der Waals surface area contributed by atoms with Crippen molar-refractivity contribution in [3.8, 4) is 0 Å². The molecule has 2 unspecified atom stereocenters. The summed E-state index contributed by atoms with van der Waals surface area (Å²) in [4.78, 5) is 2.53. The highest BCUT2D eigenvalue weighted by Crippen LogP contribution is 2.28. The Hall–Kier alpha value is 0.190. The van der Waals surface area contributed by atoms with E-state index in [9.17, 15) is 0 Å². The third kappa shape index (κ3) is 8.17. The first kappa shape index (κ1) is 21.5. The van der Waals surface area contributed by atoms with Gasteiger partial charge >= 0.3 is 0 Å². The van der Waals surface area contributed by atoms with E-state index in [0.29, 0.717) is 10.5 Å².